The van der Waals surface area contributed by atoms with Crippen molar-refractivity contribution in [1.82, 2.24) is 0 Å². The molecule has 0 saturated heterocycles. The highest BCUT2D eigenvalue weighted by Crippen LogP contribution is 2.29. The zero-order chi connectivity index (χ0) is 22.0. The number of unbranched alkanes of at least 4 members (excludes halogenated alkanes) is 1. The van der Waals surface area contributed by atoms with Crippen molar-refractivity contribution >= 4 is 45.0 Å². The lowest BCUT2D eigenvalue weighted by atomic mass is 10.1. The third-order valence-corrected chi connectivity index (χ3v) is 5.94. The standard InChI is InChI=1S/C25H21BrN2O3/c1-2-3-6-16-9-14-22(21(26)15-16)27-23(29)17-10-12-18(13-11-17)28-24(30)19-7-4-5-8-20(19)25(28)31/h4-5,7-15H,2-3,6H2,1H3,(H,27,29). The number of carbonyl (C=O) groups excluding carboxylic acids is 3. The van der Waals surface area contributed by atoms with Gasteiger partial charge in [0, 0.05) is 10.0 Å². The Labute approximate surface area is 189 Å². The maximum atomic E-state index is 12.7. The Kier molecular flexibility index (Phi) is 6.00. The first-order valence-corrected chi connectivity index (χ1v) is 11.0. The second kappa shape index (κ2) is 8.86. The van der Waals surface area contributed by atoms with E-state index in [1.807, 2.05) is 18.2 Å². The van der Waals surface area contributed by atoms with Crippen molar-refractivity contribution in [2.45, 2.75) is 26.2 Å². The summed E-state index contributed by atoms with van der Waals surface area (Å²) in [6.45, 7) is 2.16. The molecule has 4 rings (SSSR count). The van der Waals surface area contributed by atoms with Crippen LogP contribution in [0.15, 0.2) is 71.2 Å². The van der Waals surface area contributed by atoms with Gasteiger partial charge in [0.25, 0.3) is 17.7 Å². The molecule has 156 valence electrons. The van der Waals surface area contributed by atoms with Crippen molar-refractivity contribution in [3.8, 4) is 0 Å². The molecule has 3 amide bonds. The van der Waals surface area contributed by atoms with Gasteiger partial charge in [-0.15, -0.1) is 0 Å². The van der Waals surface area contributed by atoms with Crippen molar-refractivity contribution in [1.29, 1.82) is 0 Å². The Morgan fingerprint density at radius 2 is 1.58 bits per heavy atom. The molecule has 0 aliphatic carbocycles. The number of fused-ring (bicyclic) bond motifs is 1. The van der Waals surface area contributed by atoms with Crippen LogP contribution in [-0.4, -0.2) is 17.7 Å². The van der Waals surface area contributed by atoms with Crippen molar-refractivity contribution in [2.24, 2.45) is 0 Å². The first-order chi connectivity index (χ1) is 15.0. The van der Waals surface area contributed by atoms with Gasteiger partial charge in [-0.05, 0) is 82.9 Å². The first-order valence-electron chi connectivity index (χ1n) is 10.2. The molecule has 0 fully saturated rings. The fourth-order valence-corrected chi connectivity index (χ4v) is 4.10. The predicted molar refractivity (Wildman–Crippen MR) is 125 cm³/mol. The van der Waals surface area contributed by atoms with Crippen LogP contribution < -0.4 is 10.2 Å². The van der Waals surface area contributed by atoms with Crippen LogP contribution in [0.25, 0.3) is 0 Å². The van der Waals surface area contributed by atoms with E-state index in [1.165, 1.54) is 5.56 Å². The van der Waals surface area contributed by atoms with Gasteiger partial charge in [-0.3, -0.25) is 14.4 Å². The van der Waals surface area contributed by atoms with Gasteiger partial charge < -0.3 is 5.32 Å². The number of amides is 3. The van der Waals surface area contributed by atoms with Crippen molar-refractivity contribution in [2.75, 3.05) is 10.2 Å². The molecule has 1 heterocycles. The van der Waals surface area contributed by atoms with Crippen LogP contribution in [0.3, 0.4) is 0 Å². The molecule has 6 heteroatoms. The average molecular weight is 477 g/mol. The Hall–Kier alpha value is -3.25. The highest BCUT2D eigenvalue weighted by molar-refractivity contribution is 9.10. The van der Waals surface area contributed by atoms with E-state index in [9.17, 15) is 14.4 Å². The average Bonchev–Trinajstić information content (AvgIpc) is 3.04. The highest BCUT2D eigenvalue weighted by atomic mass is 79.9. The SMILES string of the molecule is CCCCc1ccc(NC(=O)c2ccc(N3C(=O)c4ccccc4C3=O)cc2)c(Br)c1. The molecular weight excluding hydrogens is 456 g/mol. The molecule has 3 aromatic rings. The van der Waals surface area contributed by atoms with E-state index in [2.05, 4.69) is 28.2 Å². The van der Waals surface area contributed by atoms with Crippen molar-refractivity contribution in [3.05, 3.63) is 93.5 Å². The van der Waals surface area contributed by atoms with E-state index in [0.717, 1.165) is 28.6 Å². The zero-order valence-corrected chi connectivity index (χ0v) is 18.6. The van der Waals surface area contributed by atoms with Crippen LogP contribution >= 0.6 is 15.9 Å². The number of imide groups is 1. The van der Waals surface area contributed by atoms with E-state index in [4.69, 9.17) is 0 Å². The van der Waals surface area contributed by atoms with E-state index in [0.29, 0.717) is 28.1 Å². The number of halogens is 1. The third-order valence-electron chi connectivity index (χ3n) is 5.28. The summed E-state index contributed by atoms with van der Waals surface area (Å²) in [5.74, 6) is -0.981. The van der Waals surface area contributed by atoms with Crippen LogP contribution in [0.4, 0.5) is 11.4 Å². The Morgan fingerprint density at radius 3 is 2.16 bits per heavy atom. The largest absolute Gasteiger partial charge is 0.321 e. The minimum absolute atomic E-state index is 0.268. The lowest BCUT2D eigenvalue weighted by molar-refractivity contribution is 0.0925. The fourth-order valence-electron chi connectivity index (χ4n) is 3.58. The Bertz CT molecular complexity index is 1140. The number of nitrogens with one attached hydrogen (secondary N) is 1. The van der Waals surface area contributed by atoms with Gasteiger partial charge >= 0.3 is 0 Å². The molecule has 0 radical (unpaired) electrons. The summed E-state index contributed by atoms with van der Waals surface area (Å²) < 4.78 is 0.831. The summed E-state index contributed by atoms with van der Waals surface area (Å²) in [5, 5.41) is 2.90. The van der Waals surface area contributed by atoms with E-state index in [1.54, 1.807) is 48.5 Å². The maximum absolute atomic E-state index is 12.7. The Balaban J connectivity index is 1.48. The van der Waals surface area contributed by atoms with Gasteiger partial charge in [0.2, 0.25) is 0 Å². The number of nitrogens with zero attached hydrogens (tertiary/aromatic N) is 1. The number of anilines is 2. The van der Waals surface area contributed by atoms with Gasteiger partial charge in [0.1, 0.15) is 0 Å². The minimum Gasteiger partial charge on any atom is -0.321 e. The molecule has 3 aromatic carbocycles. The highest BCUT2D eigenvalue weighted by Gasteiger charge is 2.36. The third kappa shape index (κ3) is 4.16. The summed E-state index contributed by atoms with van der Waals surface area (Å²) >= 11 is 3.53. The van der Waals surface area contributed by atoms with Crippen molar-refractivity contribution < 1.29 is 14.4 Å². The molecule has 0 bridgehead atoms. The summed E-state index contributed by atoms with van der Waals surface area (Å²) in [7, 11) is 0. The molecule has 0 atom stereocenters. The number of hydrogen-bond donors (Lipinski definition) is 1. The smallest absolute Gasteiger partial charge is 0.266 e. The van der Waals surface area contributed by atoms with Gasteiger partial charge in [-0.1, -0.05) is 31.5 Å². The molecule has 0 spiro atoms. The topological polar surface area (TPSA) is 66.5 Å². The van der Waals surface area contributed by atoms with Crippen LogP contribution in [0, 0.1) is 0 Å². The molecule has 1 aliphatic rings. The second-order valence-corrected chi connectivity index (χ2v) is 8.26. The quantitative estimate of drug-likeness (QED) is 0.454. The summed E-state index contributed by atoms with van der Waals surface area (Å²) in [6.07, 6.45) is 3.26. The van der Waals surface area contributed by atoms with Crippen LogP contribution in [0.2, 0.25) is 0 Å². The second-order valence-electron chi connectivity index (χ2n) is 7.41. The number of hydrogen-bond acceptors (Lipinski definition) is 3. The summed E-state index contributed by atoms with van der Waals surface area (Å²) in [5.41, 5.74) is 3.56. The van der Waals surface area contributed by atoms with E-state index in [-0.39, 0.29) is 17.7 Å². The predicted octanol–water partition coefficient (Wildman–Crippen LogP) is 5.84. The zero-order valence-electron chi connectivity index (χ0n) is 17.0. The molecule has 31 heavy (non-hydrogen) atoms. The monoisotopic (exact) mass is 476 g/mol. The fraction of sp³-hybridized carbons (Fsp3) is 0.160. The van der Waals surface area contributed by atoms with Gasteiger partial charge in [0.15, 0.2) is 0 Å². The molecular formula is C25H21BrN2O3. The first kappa shape index (κ1) is 21.0. The number of benzene rings is 3. The van der Waals surface area contributed by atoms with Crippen LogP contribution in [0.5, 0.6) is 0 Å². The van der Waals surface area contributed by atoms with Crippen LogP contribution in [0.1, 0.15) is 56.4 Å². The molecule has 1 aliphatic heterocycles. The summed E-state index contributed by atoms with van der Waals surface area (Å²) in [6, 6.07) is 19.1. The lowest BCUT2D eigenvalue weighted by Gasteiger charge is -2.14. The molecule has 0 saturated carbocycles. The van der Waals surface area contributed by atoms with E-state index < -0.39 is 0 Å². The molecule has 0 aromatic heterocycles. The Morgan fingerprint density at radius 1 is 0.935 bits per heavy atom. The number of aryl methyl sites for hydroxylation is 1. The van der Waals surface area contributed by atoms with Gasteiger partial charge in [-0.25, -0.2) is 4.90 Å². The number of carbonyl (C=O) groups is 3. The molecule has 0 unspecified atom stereocenters. The lowest BCUT2D eigenvalue weighted by Crippen LogP contribution is -2.29. The van der Waals surface area contributed by atoms with E-state index >= 15 is 0 Å². The van der Waals surface area contributed by atoms with Gasteiger partial charge in [0.05, 0.1) is 22.5 Å². The molecule has 1 N–H and O–H groups in total. The van der Waals surface area contributed by atoms with Gasteiger partial charge in [-0.2, -0.15) is 0 Å². The summed E-state index contributed by atoms with van der Waals surface area (Å²) in [4.78, 5) is 39.1. The number of rotatable bonds is 6. The maximum Gasteiger partial charge on any atom is 0.266 e. The van der Waals surface area contributed by atoms with Crippen LogP contribution in [-0.2, 0) is 6.42 Å². The normalized spacial score (nSPS) is 12.8. The van der Waals surface area contributed by atoms with Crippen molar-refractivity contribution in [3.63, 3.8) is 0 Å². The molecule has 5 nitrogen and oxygen atoms in total. The minimum atomic E-state index is -0.357.